The van der Waals surface area contributed by atoms with E-state index >= 15 is 0 Å². The van der Waals surface area contributed by atoms with Crippen LogP contribution in [0.2, 0.25) is 0 Å². The predicted molar refractivity (Wildman–Crippen MR) is 87.0 cm³/mol. The van der Waals surface area contributed by atoms with E-state index in [2.05, 4.69) is 30.0 Å². The zero-order chi connectivity index (χ0) is 16.0. The molecule has 3 aromatic rings. The van der Waals surface area contributed by atoms with Gasteiger partial charge in [-0.15, -0.1) is 10.2 Å². The summed E-state index contributed by atoms with van der Waals surface area (Å²) >= 11 is 0. The summed E-state index contributed by atoms with van der Waals surface area (Å²) in [7, 11) is 1.89. The Hall–Kier alpha value is -2.77. The van der Waals surface area contributed by atoms with Gasteiger partial charge in [-0.1, -0.05) is 0 Å². The van der Waals surface area contributed by atoms with E-state index in [0.29, 0.717) is 5.82 Å². The topological polar surface area (TPSA) is 77.0 Å². The molecule has 0 saturated carbocycles. The average Bonchev–Trinajstić information content (AvgIpc) is 3.04. The molecule has 118 valence electrons. The first-order chi connectivity index (χ1) is 11.1. The van der Waals surface area contributed by atoms with E-state index < -0.39 is 0 Å². The minimum atomic E-state index is 0.637. The van der Waals surface area contributed by atoms with Gasteiger partial charge in [-0.25, -0.2) is 14.2 Å². The van der Waals surface area contributed by atoms with Crippen LogP contribution in [0.1, 0.15) is 29.5 Å². The van der Waals surface area contributed by atoms with E-state index in [9.17, 15) is 0 Å². The zero-order valence-corrected chi connectivity index (χ0v) is 13.4. The van der Waals surface area contributed by atoms with E-state index in [4.69, 9.17) is 0 Å². The lowest BCUT2D eigenvalue weighted by Crippen LogP contribution is -2.37. The van der Waals surface area contributed by atoms with E-state index in [-0.39, 0.29) is 0 Å². The summed E-state index contributed by atoms with van der Waals surface area (Å²) in [5.41, 5.74) is 2.60. The first-order valence-electron chi connectivity index (χ1n) is 7.65. The third kappa shape index (κ3) is 2.36. The minimum absolute atomic E-state index is 0.637. The third-order valence-corrected chi connectivity index (χ3v) is 4.03. The fourth-order valence-electron chi connectivity index (χ4n) is 2.51. The van der Waals surface area contributed by atoms with Gasteiger partial charge in [-0.2, -0.15) is 4.98 Å². The normalized spacial score (nSPS) is 14.8. The van der Waals surface area contributed by atoms with Crippen LogP contribution in [0.4, 0.5) is 5.95 Å². The van der Waals surface area contributed by atoms with Crippen molar-refractivity contribution in [1.29, 1.82) is 0 Å². The molecule has 1 fully saturated rings. The van der Waals surface area contributed by atoms with Crippen LogP contribution in [0.5, 0.6) is 0 Å². The SMILES string of the molecule is Cc1ncc(C)n2nc(C=Cc3nc(N4CCC4)nn3C)nc12. The lowest BCUT2D eigenvalue weighted by molar-refractivity contribution is 0.596. The number of hydrogen-bond donors (Lipinski definition) is 0. The highest BCUT2D eigenvalue weighted by Gasteiger charge is 2.19. The van der Waals surface area contributed by atoms with Crippen molar-refractivity contribution in [1.82, 2.24) is 34.3 Å². The second-order valence-electron chi connectivity index (χ2n) is 5.76. The Bertz CT molecular complexity index is 861. The number of fused-ring (bicyclic) bond motifs is 1. The Morgan fingerprint density at radius 3 is 2.61 bits per heavy atom. The maximum atomic E-state index is 4.55. The monoisotopic (exact) mass is 310 g/mol. The Balaban J connectivity index is 1.65. The summed E-state index contributed by atoms with van der Waals surface area (Å²) < 4.78 is 3.59. The third-order valence-electron chi connectivity index (χ3n) is 4.03. The zero-order valence-electron chi connectivity index (χ0n) is 13.4. The molecule has 4 rings (SSSR count). The van der Waals surface area contributed by atoms with Gasteiger partial charge in [0.1, 0.15) is 0 Å². The second-order valence-corrected chi connectivity index (χ2v) is 5.76. The number of aromatic nitrogens is 7. The van der Waals surface area contributed by atoms with Crippen molar-refractivity contribution in [2.24, 2.45) is 7.05 Å². The van der Waals surface area contributed by atoms with Crippen molar-refractivity contribution in [2.45, 2.75) is 20.3 Å². The fraction of sp³-hybridized carbons (Fsp3) is 0.400. The maximum Gasteiger partial charge on any atom is 0.245 e. The quantitative estimate of drug-likeness (QED) is 0.724. The van der Waals surface area contributed by atoms with Crippen molar-refractivity contribution in [3.05, 3.63) is 29.2 Å². The van der Waals surface area contributed by atoms with Gasteiger partial charge in [0.15, 0.2) is 17.3 Å². The van der Waals surface area contributed by atoms with Gasteiger partial charge < -0.3 is 4.90 Å². The highest BCUT2D eigenvalue weighted by Crippen LogP contribution is 2.17. The van der Waals surface area contributed by atoms with Crippen LogP contribution in [-0.2, 0) is 7.05 Å². The van der Waals surface area contributed by atoms with Crippen LogP contribution in [0.15, 0.2) is 6.20 Å². The molecule has 0 spiro atoms. The molecule has 0 amide bonds. The highest BCUT2D eigenvalue weighted by molar-refractivity contribution is 5.65. The molecule has 4 heterocycles. The van der Waals surface area contributed by atoms with Gasteiger partial charge in [-0.3, -0.25) is 4.98 Å². The van der Waals surface area contributed by atoms with Gasteiger partial charge in [0, 0.05) is 26.3 Å². The molecule has 8 heteroatoms. The van der Waals surface area contributed by atoms with E-state index in [1.54, 1.807) is 10.9 Å². The Kier molecular flexibility index (Phi) is 3.10. The van der Waals surface area contributed by atoms with Crippen molar-refractivity contribution >= 4 is 23.7 Å². The van der Waals surface area contributed by atoms with Gasteiger partial charge in [0.05, 0.1) is 11.4 Å². The van der Waals surface area contributed by atoms with Crippen LogP contribution in [0.3, 0.4) is 0 Å². The molecule has 1 saturated heterocycles. The van der Waals surface area contributed by atoms with Crippen molar-refractivity contribution < 1.29 is 0 Å². The Morgan fingerprint density at radius 1 is 1.09 bits per heavy atom. The van der Waals surface area contributed by atoms with E-state index in [0.717, 1.165) is 41.9 Å². The summed E-state index contributed by atoms with van der Waals surface area (Å²) in [4.78, 5) is 15.6. The van der Waals surface area contributed by atoms with Crippen LogP contribution < -0.4 is 4.90 Å². The predicted octanol–water partition coefficient (Wildman–Crippen LogP) is 1.25. The molecule has 3 aromatic heterocycles. The lowest BCUT2D eigenvalue weighted by atomic mass is 10.2. The molecule has 0 aliphatic carbocycles. The number of hydrogen-bond acceptors (Lipinski definition) is 6. The molecule has 0 aromatic carbocycles. The molecule has 1 aliphatic rings. The summed E-state index contributed by atoms with van der Waals surface area (Å²) in [6.45, 7) is 5.96. The molecule has 0 radical (unpaired) electrons. The first kappa shape index (κ1) is 13.9. The molecular weight excluding hydrogens is 292 g/mol. The van der Waals surface area contributed by atoms with Crippen molar-refractivity contribution in [2.75, 3.05) is 18.0 Å². The summed E-state index contributed by atoms with van der Waals surface area (Å²) in [6.07, 6.45) is 6.76. The summed E-state index contributed by atoms with van der Waals surface area (Å²) in [5.74, 6) is 2.22. The Labute approximate surface area is 133 Å². The molecule has 23 heavy (non-hydrogen) atoms. The van der Waals surface area contributed by atoms with E-state index in [1.165, 1.54) is 6.42 Å². The first-order valence-corrected chi connectivity index (χ1v) is 7.65. The fourth-order valence-corrected chi connectivity index (χ4v) is 2.51. The maximum absolute atomic E-state index is 4.55. The van der Waals surface area contributed by atoms with Crippen LogP contribution >= 0.6 is 0 Å². The van der Waals surface area contributed by atoms with Gasteiger partial charge in [0.2, 0.25) is 5.95 Å². The van der Waals surface area contributed by atoms with Gasteiger partial charge >= 0.3 is 0 Å². The van der Waals surface area contributed by atoms with Crippen LogP contribution in [-0.4, -0.2) is 47.4 Å². The number of anilines is 1. The van der Waals surface area contributed by atoms with Gasteiger partial charge in [-0.05, 0) is 32.4 Å². The smallest absolute Gasteiger partial charge is 0.245 e. The highest BCUT2D eigenvalue weighted by atomic mass is 15.4. The molecule has 0 bridgehead atoms. The van der Waals surface area contributed by atoms with Crippen molar-refractivity contribution in [3.63, 3.8) is 0 Å². The molecule has 0 atom stereocenters. The lowest BCUT2D eigenvalue weighted by Gasteiger charge is -2.29. The minimum Gasteiger partial charge on any atom is -0.339 e. The summed E-state index contributed by atoms with van der Waals surface area (Å²) in [5, 5.41) is 8.94. The summed E-state index contributed by atoms with van der Waals surface area (Å²) in [6, 6.07) is 0. The number of nitrogens with zero attached hydrogens (tertiary/aromatic N) is 8. The Morgan fingerprint density at radius 2 is 1.91 bits per heavy atom. The van der Waals surface area contributed by atoms with Crippen molar-refractivity contribution in [3.8, 4) is 0 Å². The largest absolute Gasteiger partial charge is 0.339 e. The van der Waals surface area contributed by atoms with Crippen LogP contribution in [0.25, 0.3) is 17.8 Å². The molecule has 1 aliphatic heterocycles. The molecule has 8 nitrogen and oxygen atoms in total. The van der Waals surface area contributed by atoms with Gasteiger partial charge in [0.25, 0.3) is 0 Å². The number of aryl methyl sites for hydroxylation is 3. The van der Waals surface area contributed by atoms with Crippen LogP contribution in [0, 0.1) is 13.8 Å². The standard InChI is InChI=1S/C15H18N8/c1-10-9-16-11(2)14-17-12(19-23(10)14)5-6-13-18-15(20-21(13)3)22-7-4-8-22/h5-6,9H,4,7-8H2,1-3H3. The number of rotatable bonds is 3. The molecule has 0 N–H and O–H groups in total. The van der Waals surface area contributed by atoms with E-state index in [1.807, 2.05) is 37.6 Å². The molecular formula is C15H18N8. The average molecular weight is 310 g/mol. The molecule has 0 unspecified atom stereocenters. The second kappa shape index (κ2) is 5.15.